The Hall–Kier alpha value is -1.25. The van der Waals surface area contributed by atoms with Crippen molar-refractivity contribution in [2.45, 2.75) is 62.4 Å². The van der Waals surface area contributed by atoms with E-state index in [1.165, 1.54) is 4.31 Å². The summed E-state index contributed by atoms with van der Waals surface area (Å²) in [5, 5.41) is 11.8. The normalized spacial score (nSPS) is 22.1. The highest BCUT2D eigenvalue weighted by Gasteiger charge is 2.45. The van der Waals surface area contributed by atoms with E-state index in [4.69, 9.17) is 4.43 Å². The number of hydrogen-bond acceptors (Lipinski definition) is 4. The average Bonchev–Trinajstić information content (AvgIpc) is 3.03. The summed E-state index contributed by atoms with van der Waals surface area (Å²) in [4.78, 5) is 0.262. The Morgan fingerprint density at radius 2 is 1.79 bits per heavy atom. The van der Waals surface area contributed by atoms with Crippen LogP contribution in [0.25, 0.3) is 10.8 Å². The molecule has 0 saturated carbocycles. The molecule has 1 saturated heterocycles. The van der Waals surface area contributed by atoms with Crippen molar-refractivity contribution in [1.29, 1.82) is 0 Å². The van der Waals surface area contributed by atoms with Crippen molar-refractivity contribution in [3.05, 3.63) is 42.5 Å². The topological polar surface area (TPSA) is 66.8 Å². The van der Waals surface area contributed by atoms with Gasteiger partial charge in [0.05, 0.1) is 23.6 Å². The summed E-state index contributed by atoms with van der Waals surface area (Å²) < 4.78 is 34.5. The molecular weight excluding hydrogens is 390 g/mol. The molecule has 2 atom stereocenters. The molecule has 0 unspecified atom stereocenters. The molecule has 1 fully saturated rings. The fourth-order valence-corrected chi connectivity index (χ4v) is 6.50. The molecule has 1 N–H and O–H groups in total. The molecule has 3 rings (SSSR count). The highest BCUT2D eigenvalue weighted by molar-refractivity contribution is 7.89. The van der Waals surface area contributed by atoms with Gasteiger partial charge in [0.1, 0.15) is 0 Å². The first-order chi connectivity index (χ1) is 13.0. The molecule has 0 bridgehead atoms. The van der Waals surface area contributed by atoms with E-state index in [9.17, 15) is 13.5 Å². The maximum absolute atomic E-state index is 13.3. The number of aliphatic hydroxyl groups excluding tert-OH is 1. The maximum Gasteiger partial charge on any atom is 0.243 e. The van der Waals surface area contributed by atoms with Gasteiger partial charge in [-0.15, -0.1) is 0 Å². The summed E-state index contributed by atoms with van der Waals surface area (Å²) in [6, 6.07) is 12.4. The van der Waals surface area contributed by atoms with Crippen LogP contribution < -0.4 is 0 Å². The Labute approximate surface area is 169 Å². The zero-order chi connectivity index (χ0) is 20.7. The molecule has 0 radical (unpaired) electrons. The van der Waals surface area contributed by atoms with Crippen LogP contribution >= 0.6 is 0 Å². The van der Waals surface area contributed by atoms with Crippen LogP contribution in [0.4, 0.5) is 0 Å². The first kappa shape index (κ1) is 21.5. The van der Waals surface area contributed by atoms with Crippen molar-refractivity contribution in [2.24, 2.45) is 0 Å². The molecule has 2 aromatic carbocycles. The second-order valence-electron chi connectivity index (χ2n) is 9.16. The lowest BCUT2D eigenvalue weighted by molar-refractivity contribution is 0.188. The van der Waals surface area contributed by atoms with Crippen LogP contribution in [0.1, 0.15) is 27.2 Å². The van der Waals surface area contributed by atoms with Gasteiger partial charge in [-0.3, -0.25) is 0 Å². The van der Waals surface area contributed by atoms with E-state index < -0.39 is 24.4 Å². The quantitative estimate of drug-likeness (QED) is 0.742. The van der Waals surface area contributed by atoms with Gasteiger partial charge in [-0.1, -0.05) is 51.1 Å². The fraction of sp³-hybridized carbons (Fsp3) is 0.524. The third kappa shape index (κ3) is 4.04. The molecule has 0 aliphatic carbocycles. The Kier molecular flexibility index (Phi) is 5.77. The van der Waals surface area contributed by atoms with Gasteiger partial charge in [0.15, 0.2) is 8.32 Å². The zero-order valence-corrected chi connectivity index (χ0v) is 19.2. The number of aliphatic hydroxyl groups is 1. The largest absolute Gasteiger partial charge is 0.413 e. The van der Waals surface area contributed by atoms with Gasteiger partial charge in [0.25, 0.3) is 0 Å². The van der Waals surface area contributed by atoms with E-state index in [-0.39, 0.29) is 29.2 Å². The van der Waals surface area contributed by atoms with Gasteiger partial charge in [-0.25, -0.2) is 8.42 Å². The van der Waals surface area contributed by atoms with Crippen LogP contribution in [0.2, 0.25) is 18.1 Å². The molecule has 2 aromatic rings. The van der Waals surface area contributed by atoms with Gasteiger partial charge >= 0.3 is 0 Å². The summed E-state index contributed by atoms with van der Waals surface area (Å²) in [7, 11) is -5.73. The molecule has 0 aromatic heterocycles. The van der Waals surface area contributed by atoms with Crippen molar-refractivity contribution in [2.75, 3.05) is 13.2 Å². The third-order valence-corrected chi connectivity index (χ3v) is 12.6. The monoisotopic (exact) mass is 421 g/mol. The number of fused-ring (bicyclic) bond motifs is 1. The summed E-state index contributed by atoms with van der Waals surface area (Å²) in [6.07, 6.45) is 0.337. The molecule has 28 heavy (non-hydrogen) atoms. The van der Waals surface area contributed by atoms with Crippen LogP contribution in [0, 0.1) is 0 Å². The van der Waals surface area contributed by atoms with E-state index in [1.807, 2.05) is 30.3 Å². The molecule has 0 spiro atoms. The smallest absolute Gasteiger partial charge is 0.243 e. The first-order valence-electron chi connectivity index (χ1n) is 9.75. The van der Waals surface area contributed by atoms with Gasteiger partial charge in [0, 0.05) is 6.54 Å². The van der Waals surface area contributed by atoms with Gasteiger partial charge in [-0.05, 0) is 47.5 Å². The molecule has 0 amide bonds. The van der Waals surface area contributed by atoms with Gasteiger partial charge in [0.2, 0.25) is 10.0 Å². The SMILES string of the molecule is CC(C)(C)[Si](C)(C)O[C@@H]1C[C@@H](CO)N(S(=O)(=O)c2ccc3ccccc3c2)C1. The lowest BCUT2D eigenvalue weighted by Crippen LogP contribution is -2.44. The van der Waals surface area contributed by atoms with Crippen LogP contribution in [-0.4, -0.2) is 51.4 Å². The van der Waals surface area contributed by atoms with E-state index in [2.05, 4.69) is 33.9 Å². The predicted molar refractivity (Wildman–Crippen MR) is 115 cm³/mol. The standard InChI is InChI=1S/C21H31NO4SSi/c1-21(2,3)28(4,5)26-19-13-18(15-23)22(14-19)27(24,25)20-11-10-16-8-6-7-9-17(16)12-20/h6-12,18-19,23H,13-15H2,1-5H3/t18-,19+/m0/s1. The summed E-state index contributed by atoms with van der Waals surface area (Å²) in [5.41, 5.74) is 0. The van der Waals surface area contributed by atoms with E-state index in [0.717, 1.165) is 10.8 Å². The van der Waals surface area contributed by atoms with Crippen LogP contribution in [0.3, 0.4) is 0 Å². The van der Waals surface area contributed by atoms with Gasteiger partial charge < -0.3 is 9.53 Å². The zero-order valence-electron chi connectivity index (χ0n) is 17.3. The van der Waals surface area contributed by atoms with Gasteiger partial charge in [-0.2, -0.15) is 4.31 Å². The molecule has 1 aliphatic rings. The molecule has 154 valence electrons. The number of benzene rings is 2. The summed E-state index contributed by atoms with van der Waals surface area (Å²) in [5.74, 6) is 0. The Morgan fingerprint density at radius 1 is 1.14 bits per heavy atom. The lowest BCUT2D eigenvalue weighted by atomic mass is 10.1. The number of hydrogen-bond donors (Lipinski definition) is 1. The average molecular weight is 422 g/mol. The number of nitrogens with zero attached hydrogens (tertiary/aromatic N) is 1. The molecule has 1 heterocycles. The van der Waals surface area contributed by atoms with Crippen molar-refractivity contribution < 1.29 is 18.0 Å². The van der Waals surface area contributed by atoms with Crippen molar-refractivity contribution in [1.82, 2.24) is 4.31 Å². The predicted octanol–water partition coefficient (Wildman–Crippen LogP) is 3.99. The minimum Gasteiger partial charge on any atom is -0.413 e. The first-order valence-corrected chi connectivity index (χ1v) is 14.1. The van der Waals surface area contributed by atoms with Crippen molar-refractivity contribution in [3.63, 3.8) is 0 Å². The fourth-order valence-electron chi connectivity index (χ4n) is 3.45. The number of rotatable bonds is 5. The Morgan fingerprint density at radius 3 is 2.39 bits per heavy atom. The van der Waals surface area contributed by atoms with Crippen LogP contribution in [0.5, 0.6) is 0 Å². The second kappa shape index (κ2) is 7.53. The Bertz CT molecular complexity index is 952. The van der Waals surface area contributed by atoms with Crippen molar-refractivity contribution in [3.8, 4) is 0 Å². The van der Waals surface area contributed by atoms with Crippen LogP contribution in [-0.2, 0) is 14.4 Å². The highest BCUT2D eigenvalue weighted by atomic mass is 32.2. The Balaban J connectivity index is 1.88. The minimum absolute atomic E-state index is 0.0480. The second-order valence-corrected chi connectivity index (χ2v) is 15.8. The summed E-state index contributed by atoms with van der Waals surface area (Å²) in [6.45, 7) is 10.9. The van der Waals surface area contributed by atoms with E-state index >= 15 is 0 Å². The molecular formula is C21H31NO4SSi. The molecule has 7 heteroatoms. The van der Waals surface area contributed by atoms with E-state index in [1.54, 1.807) is 12.1 Å². The van der Waals surface area contributed by atoms with Crippen molar-refractivity contribution >= 4 is 29.1 Å². The number of sulfonamides is 1. The molecule has 1 aliphatic heterocycles. The third-order valence-electron chi connectivity index (χ3n) is 6.13. The summed E-state index contributed by atoms with van der Waals surface area (Å²) >= 11 is 0. The maximum atomic E-state index is 13.3. The molecule has 5 nitrogen and oxygen atoms in total. The lowest BCUT2D eigenvalue weighted by Gasteiger charge is -2.38. The highest BCUT2D eigenvalue weighted by Crippen LogP contribution is 2.39. The van der Waals surface area contributed by atoms with Crippen LogP contribution in [0.15, 0.2) is 47.4 Å². The minimum atomic E-state index is -3.71. The van der Waals surface area contributed by atoms with E-state index in [0.29, 0.717) is 6.42 Å².